The van der Waals surface area contributed by atoms with Crippen molar-refractivity contribution in [1.29, 1.82) is 5.26 Å². The zero-order valence-corrected chi connectivity index (χ0v) is 17.8. The zero-order chi connectivity index (χ0) is 22.4. The summed E-state index contributed by atoms with van der Waals surface area (Å²) in [5, 5.41) is 12.1. The second kappa shape index (κ2) is 9.35. The van der Waals surface area contributed by atoms with Crippen LogP contribution in [0.1, 0.15) is 32.8 Å². The third-order valence-corrected chi connectivity index (χ3v) is 4.54. The monoisotopic (exact) mass is 419 g/mol. The zero-order valence-electron chi connectivity index (χ0n) is 17.8. The second-order valence-electron chi connectivity index (χ2n) is 8.12. The van der Waals surface area contributed by atoms with Gasteiger partial charge in [0.1, 0.15) is 17.4 Å². The van der Waals surface area contributed by atoms with Crippen LogP contribution in [0.4, 0.5) is 15.3 Å². The van der Waals surface area contributed by atoms with Gasteiger partial charge in [0.25, 0.3) is 0 Å². The van der Waals surface area contributed by atoms with E-state index in [1.54, 1.807) is 57.2 Å². The molecule has 0 saturated carbocycles. The van der Waals surface area contributed by atoms with Crippen LogP contribution in [0.2, 0.25) is 0 Å². The van der Waals surface area contributed by atoms with Gasteiger partial charge in [0.05, 0.1) is 12.6 Å². The van der Waals surface area contributed by atoms with Gasteiger partial charge in [0, 0.05) is 12.1 Å². The van der Waals surface area contributed by atoms with Crippen LogP contribution >= 0.6 is 0 Å². The summed E-state index contributed by atoms with van der Waals surface area (Å²) in [5.74, 6) is 0.457. The number of hydrogen-bond acceptors (Lipinski definition) is 5. The minimum atomic E-state index is -0.639. The number of para-hydroxylation sites is 1. The molecule has 0 bridgehead atoms. The highest BCUT2D eigenvalue weighted by molar-refractivity contribution is 5.86. The molecule has 160 valence electrons. The van der Waals surface area contributed by atoms with Crippen LogP contribution in [-0.4, -0.2) is 35.3 Å². The maximum Gasteiger partial charge on any atom is 0.417 e. The number of carbonyl (C=O) groups is 2. The molecule has 0 aliphatic carbocycles. The van der Waals surface area contributed by atoms with Crippen LogP contribution in [0, 0.1) is 11.3 Å². The molecule has 1 aliphatic heterocycles. The maximum absolute atomic E-state index is 12.5. The molecular formula is C24H25N3O4. The van der Waals surface area contributed by atoms with Gasteiger partial charge >= 0.3 is 12.2 Å². The highest BCUT2D eigenvalue weighted by Gasteiger charge is 2.31. The van der Waals surface area contributed by atoms with E-state index in [2.05, 4.69) is 11.4 Å². The van der Waals surface area contributed by atoms with E-state index in [9.17, 15) is 14.9 Å². The Balaban J connectivity index is 1.66. The van der Waals surface area contributed by atoms with Crippen molar-refractivity contribution in [2.24, 2.45) is 0 Å². The van der Waals surface area contributed by atoms with Crippen LogP contribution in [0.5, 0.6) is 5.75 Å². The van der Waals surface area contributed by atoms with Gasteiger partial charge in [0.15, 0.2) is 0 Å². The number of anilines is 1. The van der Waals surface area contributed by atoms with Crippen molar-refractivity contribution in [2.45, 2.75) is 38.8 Å². The molecule has 1 atom stereocenters. The number of nitrogens with one attached hydrogen (secondary N) is 1. The number of rotatable bonds is 3. The summed E-state index contributed by atoms with van der Waals surface area (Å²) < 4.78 is 10.7. The smallest absolute Gasteiger partial charge is 0.417 e. The van der Waals surface area contributed by atoms with E-state index in [0.717, 1.165) is 11.1 Å². The summed E-state index contributed by atoms with van der Waals surface area (Å²) in [6.45, 7) is 5.65. The highest BCUT2D eigenvalue weighted by atomic mass is 16.6. The third kappa shape index (κ3) is 6.09. The lowest BCUT2D eigenvalue weighted by molar-refractivity contribution is 0.0228. The van der Waals surface area contributed by atoms with Gasteiger partial charge in [-0.05, 0) is 56.2 Å². The molecule has 31 heavy (non-hydrogen) atoms. The van der Waals surface area contributed by atoms with Crippen molar-refractivity contribution >= 4 is 23.4 Å². The van der Waals surface area contributed by atoms with E-state index >= 15 is 0 Å². The molecule has 1 aliphatic rings. The van der Waals surface area contributed by atoms with Gasteiger partial charge in [-0.3, -0.25) is 10.2 Å². The molecule has 1 N–H and O–H groups in total. The lowest BCUT2D eigenvalue weighted by Crippen LogP contribution is -2.45. The molecule has 2 amide bonds. The molecule has 2 aromatic carbocycles. The fourth-order valence-corrected chi connectivity index (χ4v) is 3.09. The topological polar surface area (TPSA) is 91.7 Å². The van der Waals surface area contributed by atoms with Crippen molar-refractivity contribution < 1.29 is 19.1 Å². The highest BCUT2D eigenvalue weighted by Crippen LogP contribution is 2.27. The predicted molar refractivity (Wildman–Crippen MR) is 117 cm³/mol. The number of benzene rings is 2. The van der Waals surface area contributed by atoms with E-state index in [0.29, 0.717) is 17.9 Å². The van der Waals surface area contributed by atoms with E-state index < -0.39 is 23.8 Å². The predicted octanol–water partition coefficient (Wildman–Crippen LogP) is 5.21. The van der Waals surface area contributed by atoms with Crippen molar-refractivity contribution in [3.63, 3.8) is 0 Å². The molecule has 1 unspecified atom stereocenters. The first-order valence-corrected chi connectivity index (χ1v) is 9.98. The molecule has 7 heteroatoms. The summed E-state index contributed by atoms with van der Waals surface area (Å²) in [7, 11) is 0. The van der Waals surface area contributed by atoms with Gasteiger partial charge in [-0.25, -0.2) is 9.59 Å². The van der Waals surface area contributed by atoms with Crippen LogP contribution in [-0.2, 0) is 4.74 Å². The first kappa shape index (κ1) is 21.9. The number of nitrogens with zero attached hydrogens (tertiary/aromatic N) is 2. The Hall–Kier alpha value is -3.79. The summed E-state index contributed by atoms with van der Waals surface area (Å²) in [4.78, 5) is 26.0. The third-order valence-electron chi connectivity index (χ3n) is 4.54. The number of carbonyl (C=O) groups excluding carboxylic acids is 2. The Morgan fingerprint density at radius 2 is 1.77 bits per heavy atom. The van der Waals surface area contributed by atoms with Gasteiger partial charge in [-0.1, -0.05) is 36.4 Å². The maximum atomic E-state index is 12.5. The summed E-state index contributed by atoms with van der Waals surface area (Å²) >= 11 is 0. The molecule has 7 nitrogen and oxygen atoms in total. The lowest BCUT2D eigenvalue weighted by Gasteiger charge is -2.33. The number of hydrogen-bond donors (Lipinski definition) is 1. The Bertz CT molecular complexity index is 1000. The minimum absolute atomic E-state index is 0.274. The SMILES string of the molecule is CC(C)(C)OC(=O)N1CC(c2ccc(NC(=O)Oc3ccccc3)cc2)=CCC1C#N. The number of amides is 2. The molecule has 0 spiro atoms. The van der Waals surface area contributed by atoms with Crippen LogP contribution in [0.25, 0.3) is 5.57 Å². The molecular weight excluding hydrogens is 394 g/mol. The molecule has 0 saturated heterocycles. The first-order chi connectivity index (χ1) is 14.7. The van der Waals surface area contributed by atoms with Gasteiger partial charge in [-0.15, -0.1) is 0 Å². The molecule has 0 aromatic heterocycles. The standard InChI is InChI=1S/C24H25N3O4/c1-24(2,3)31-23(29)27-16-18(11-14-20(27)15-25)17-9-12-19(13-10-17)26-22(28)30-21-7-5-4-6-8-21/h4-13,20H,14,16H2,1-3H3,(H,26,28). The van der Waals surface area contributed by atoms with Crippen molar-refractivity contribution in [1.82, 2.24) is 4.90 Å². The summed E-state index contributed by atoms with van der Waals surface area (Å²) in [6, 6.07) is 17.6. The van der Waals surface area contributed by atoms with E-state index in [1.165, 1.54) is 4.90 Å². The molecule has 1 heterocycles. The molecule has 3 rings (SSSR count). The van der Waals surface area contributed by atoms with Crippen LogP contribution in [0.15, 0.2) is 60.7 Å². The fraction of sp³-hybridized carbons (Fsp3) is 0.292. The normalized spacial score (nSPS) is 16.0. The lowest BCUT2D eigenvalue weighted by atomic mass is 9.97. The summed E-state index contributed by atoms with van der Waals surface area (Å²) in [6.07, 6.45) is 1.30. The van der Waals surface area contributed by atoms with Crippen molar-refractivity contribution in [3.05, 3.63) is 66.2 Å². The minimum Gasteiger partial charge on any atom is -0.444 e. The van der Waals surface area contributed by atoms with Crippen LogP contribution < -0.4 is 10.1 Å². The van der Waals surface area contributed by atoms with Gasteiger partial charge in [0.2, 0.25) is 0 Å². The first-order valence-electron chi connectivity index (χ1n) is 9.98. The molecule has 0 radical (unpaired) electrons. The quantitative estimate of drug-likeness (QED) is 0.737. The van der Waals surface area contributed by atoms with Gasteiger partial charge < -0.3 is 9.47 Å². The Morgan fingerprint density at radius 1 is 1.10 bits per heavy atom. The summed E-state index contributed by atoms with van der Waals surface area (Å²) in [5.41, 5.74) is 1.75. The number of nitriles is 1. The largest absolute Gasteiger partial charge is 0.444 e. The Morgan fingerprint density at radius 3 is 2.39 bits per heavy atom. The van der Waals surface area contributed by atoms with E-state index in [-0.39, 0.29) is 6.54 Å². The molecule has 2 aromatic rings. The van der Waals surface area contributed by atoms with Crippen LogP contribution in [0.3, 0.4) is 0 Å². The van der Waals surface area contributed by atoms with E-state index in [1.807, 2.05) is 24.3 Å². The van der Waals surface area contributed by atoms with Gasteiger partial charge in [-0.2, -0.15) is 5.26 Å². The van der Waals surface area contributed by atoms with Crippen molar-refractivity contribution in [2.75, 3.05) is 11.9 Å². The Labute approximate surface area is 181 Å². The van der Waals surface area contributed by atoms with E-state index in [4.69, 9.17) is 9.47 Å². The van der Waals surface area contributed by atoms with Crippen molar-refractivity contribution in [3.8, 4) is 11.8 Å². The average Bonchev–Trinajstić information content (AvgIpc) is 2.73. The fourth-order valence-electron chi connectivity index (χ4n) is 3.09. The second-order valence-corrected chi connectivity index (χ2v) is 8.12. The average molecular weight is 419 g/mol. The number of ether oxygens (including phenoxy) is 2. The molecule has 0 fully saturated rings. The Kier molecular flexibility index (Phi) is 6.61.